The van der Waals surface area contributed by atoms with E-state index in [2.05, 4.69) is 4.98 Å². The fourth-order valence-electron chi connectivity index (χ4n) is 3.06. The van der Waals surface area contributed by atoms with E-state index in [1.54, 1.807) is 25.3 Å². The van der Waals surface area contributed by atoms with Gasteiger partial charge in [-0.3, -0.25) is 0 Å². The molecule has 2 aromatic rings. The van der Waals surface area contributed by atoms with Gasteiger partial charge in [0.05, 0.1) is 25.0 Å². The number of nitrogens with zero attached hydrogens (tertiary/aromatic N) is 3. The molecule has 0 radical (unpaired) electrons. The average molecular weight is 367 g/mol. The zero-order valence-corrected chi connectivity index (χ0v) is 15.3. The smallest absolute Gasteiger partial charge is 0.214 e. The van der Waals surface area contributed by atoms with E-state index in [9.17, 15) is 12.8 Å². The van der Waals surface area contributed by atoms with Gasteiger partial charge >= 0.3 is 0 Å². The number of ether oxygens (including phenoxy) is 1. The van der Waals surface area contributed by atoms with Gasteiger partial charge in [-0.25, -0.2) is 22.1 Å². The van der Waals surface area contributed by atoms with Gasteiger partial charge < -0.3 is 9.30 Å². The summed E-state index contributed by atoms with van der Waals surface area (Å²) in [6.45, 7) is 2.52. The van der Waals surface area contributed by atoms with E-state index >= 15 is 0 Å². The minimum Gasteiger partial charge on any atom is -0.379 e. The molecule has 1 aromatic carbocycles. The molecule has 0 unspecified atom stereocenters. The van der Waals surface area contributed by atoms with Gasteiger partial charge in [0.25, 0.3) is 0 Å². The third-order valence-corrected chi connectivity index (χ3v) is 6.55. The second kappa shape index (κ2) is 6.86. The van der Waals surface area contributed by atoms with E-state index in [1.165, 1.54) is 24.5 Å². The molecule has 2 heterocycles. The molecule has 1 fully saturated rings. The number of aromatic nitrogens is 2. The van der Waals surface area contributed by atoms with E-state index in [-0.39, 0.29) is 23.5 Å². The van der Waals surface area contributed by atoms with E-state index in [0.717, 1.165) is 5.56 Å². The van der Waals surface area contributed by atoms with Crippen LogP contribution in [-0.2, 0) is 14.8 Å². The number of imidazole rings is 1. The van der Waals surface area contributed by atoms with Gasteiger partial charge in [0.2, 0.25) is 10.0 Å². The lowest BCUT2D eigenvalue weighted by Gasteiger charge is -2.22. The number of aryl methyl sites for hydroxylation is 1. The summed E-state index contributed by atoms with van der Waals surface area (Å²) in [6, 6.07) is 4.72. The quantitative estimate of drug-likeness (QED) is 0.812. The predicted molar refractivity (Wildman–Crippen MR) is 93.2 cm³/mol. The minimum absolute atomic E-state index is 0.0186. The van der Waals surface area contributed by atoms with Crippen LogP contribution in [0.2, 0.25) is 0 Å². The molecular formula is C17H22FN3O3S. The van der Waals surface area contributed by atoms with E-state index in [1.807, 2.05) is 10.8 Å². The first-order chi connectivity index (χ1) is 11.8. The van der Waals surface area contributed by atoms with Crippen molar-refractivity contribution in [2.75, 3.05) is 33.1 Å². The molecule has 6 nitrogen and oxygen atoms in total. The predicted octanol–water partition coefficient (Wildman–Crippen LogP) is 2.08. The lowest BCUT2D eigenvalue weighted by atomic mass is 10.0. The Labute approximate surface area is 147 Å². The molecule has 2 atom stereocenters. The largest absolute Gasteiger partial charge is 0.379 e. The van der Waals surface area contributed by atoms with Crippen LogP contribution in [0.3, 0.4) is 0 Å². The number of sulfonamides is 1. The van der Waals surface area contributed by atoms with Crippen LogP contribution in [0, 0.1) is 18.7 Å². The fraction of sp³-hybridized carbons (Fsp3) is 0.471. The number of rotatable bonds is 5. The summed E-state index contributed by atoms with van der Waals surface area (Å²) in [7, 11) is -0.262. The van der Waals surface area contributed by atoms with Gasteiger partial charge in [0.1, 0.15) is 11.6 Å². The third kappa shape index (κ3) is 3.61. The highest BCUT2D eigenvalue weighted by molar-refractivity contribution is 7.89. The molecule has 1 aliphatic heterocycles. The first-order valence-corrected chi connectivity index (χ1v) is 9.68. The van der Waals surface area contributed by atoms with Gasteiger partial charge in [0.15, 0.2) is 0 Å². The van der Waals surface area contributed by atoms with Crippen LogP contribution in [0.15, 0.2) is 30.6 Å². The average Bonchev–Trinajstić information content (AvgIpc) is 3.18. The molecule has 0 saturated carbocycles. The first-order valence-electron chi connectivity index (χ1n) is 8.07. The molecule has 8 heteroatoms. The van der Waals surface area contributed by atoms with Crippen LogP contribution < -0.4 is 0 Å². The maximum Gasteiger partial charge on any atom is 0.214 e. The monoisotopic (exact) mass is 367 g/mol. The lowest BCUT2D eigenvalue weighted by molar-refractivity contribution is 0.182. The molecule has 25 heavy (non-hydrogen) atoms. The third-order valence-electron chi connectivity index (χ3n) is 4.59. The van der Waals surface area contributed by atoms with Crippen LogP contribution in [0.25, 0.3) is 11.4 Å². The van der Waals surface area contributed by atoms with E-state index < -0.39 is 10.0 Å². The van der Waals surface area contributed by atoms with Crippen molar-refractivity contribution in [1.82, 2.24) is 13.9 Å². The van der Waals surface area contributed by atoms with Crippen LogP contribution in [0.1, 0.15) is 11.6 Å². The first kappa shape index (κ1) is 18.0. The second-order valence-electron chi connectivity index (χ2n) is 6.55. The number of halogens is 1. The van der Waals surface area contributed by atoms with Crippen molar-refractivity contribution in [2.45, 2.75) is 13.0 Å². The van der Waals surface area contributed by atoms with E-state index in [4.69, 9.17) is 4.74 Å². The molecule has 1 aliphatic rings. The Balaban J connectivity index is 1.92. The molecule has 3 rings (SSSR count). The number of benzene rings is 1. The van der Waals surface area contributed by atoms with Crippen molar-refractivity contribution in [3.63, 3.8) is 0 Å². The molecular weight excluding hydrogens is 345 g/mol. The normalized spacial score (nSPS) is 21.2. The summed E-state index contributed by atoms with van der Waals surface area (Å²) in [5.74, 6) is 0.277. The highest BCUT2D eigenvalue weighted by Crippen LogP contribution is 2.32. The molecule has 0 aliphatic carbocycles. The molecule has 0 N–H and O–H groups in total. The number of hydrogen-bond donors (Lipinski definition) is 0. The van der Waals surface area contributed by atoms with Crippen molar-refractivity contribution in [3.8, 4) is 11.4 Å². The van der Waals surface area contributed by atoms with Gasteiger partial charge in [-0.1, -0.05) is 0 Å². The van der Waals surface area contributed by atoms with Gasteiger partial charge in [-0.15, -0.1) is 0 Å². The molecule has 0 amide bonds. The Morgan fingerprint density at radius 3 is 2.80 bits per heavy atom. The molecule has 1 aromatic heterocycles. The maximum absolute atomic E-state index is 13.5. The Hall–Kier alpha value is -1.77. The standard InChI is InChI=1S/C17H22FN3O3S/c1-12-8-13(4-5-15(12)18)17-19-6-7-21(17)16-10-24-9-14(16)11-25(22,23)20(2)3/h4-8,14,16H,9-11H2,1-3H3/t14-,16-/m1/s1. The van der Waals surface area contributed by atoms with Crippen molar-refractivity contribution in [1.29, 1.82) is 0 Å². The maximum atomic E-state index is 13.5. The molecule has 0 spiro atoms. The fourth-order valence-corrected chi connectivity index (χ4v) is 4.22. The SMILES string of the molecule is Cc1cc(-c2nccn2[C@@H]2COC[C@@H]2CS(=O)(=O)N(C)C)ccc1F. The minimum atomic E-state index is -3.33. The Morgan fingerprint density at radius 1 is 1.36 bits per heavy atom. The summed E-state index contributed by atoms with van der Waals surface area (Å²) in [4.78, 5) is 4.39. The molecule has 0 bridgehead atoms. The van der Waals surface area contributed by atoms with E-state index in [0.29, 0.717) is 24.6 Å². The van der Waals surface area contributed by atoms with Crippen molar-refractivity contribution in [2.24, 2.45) is 5.92 Å². The topological polar surface area (TPSA) is 64.4 Å². The molecule has 136 valence electrons. The Bertz CT molecular complexity index is 864. The van der Waals surface area contributed by atoms with Crippen molar-refractivity contribution < 1.29 is 17.5 Å². The van der Waals surface area contributed by atoms with Gasteiger partial charge in [-0.2, -0.15) is 0 Å². The van der Waals surface area contributed by atoms with Crippen LogP contribution >= 0.6 is 0 Å². The van der Waals surface area contributed by atoms with Gasteiger partial charge in [-0.05, 0) is 30.7 Å². The zero-order chi connectivity index (χ0) is 18.2. The van der Waals surface area contributed by atoms with Gasteiger partial charge in [0, 0.05) is 38.0 Å². The van der Waals surface area contributed by atoms with Crippen molar-refractivity contribution in [3.05, 3.63) is 42.0 Å². The Morgan fingerprint density at radius 2 is 2.12 bits per heavy atom. The van der Waals surface area contributed by atoms with Crippen molar-refractivity contribution >= 4 is 10.0 Å². The lowest BCUT2D eigenvalue weighted by Crippen LogP contribution is -2.32. The second-order valence-corrected chi connectivity index (χ2v) is 8.78. The van der Waals surface area contributed by atoms with Crippen LogP contribution in [0.5, 0.6) is 0 Å². The highest BCUT2D eigenvalue weighted by Gasteiger charge is 2.35. The molecule has 1 saturated heterocycles. The van der Waals surface area contributed by atoms with Crippen LogP contribution in [0.4, 0.5) is 4.39 Å². The number of hydrogen-bond acceptors (Lipinski definition) is 4. The summed E-state index contributed by atoms with van der Waals surface area (Å²) in [6.07, 6.45) is 3.49. The Kier molecular flexibility index (Phi) is 4.95. The van der Waals surface area contributed by atoms with Crippen LogP contribution in [-0.4, -0.2) is 55.3 Å². The zero-order valence-electron chi connectivity index (χ0n) is 14.5. The summed E-state index contributed by atoms with van der Waals surface area (Å²) in [5, 5.41) is 0. The highest BCUT2D eigenvalue weighted by atomic mass is 32.2. The summed E-state index contributed by atoms with van der Waals surface area (Å²) >= 11 is 0. The summed E-state index contributed by atoms with van der Waals surface area (Å²) in [5.41, 5.74) is 1.34. The summed E-state index contributed by atoms with van der Waals surface area (Å²) < 4.78 is 46.8.